The van der Waals surface area contributed by atoms with Gasteiger partial charge in [0.2, 0.25) is 0 Å². The number of thiocarbonyl (C=S) groups is 1. The van der Waals surface area contributed by atoms with Gasteiger partial charge in [0.15, 0.2) is 10.9 Å². The summed E-state index contributed by atoms with van der Waals surface area (Å²) in [5.41, 5.74) is 4.27. The van der Waals surface area contributed by atoms with E-state index in [0.717, 1.165) is 54.7 Å². The van der Waals surface area contributed by atoms with Gasteiger partial charge in [0.1, 0.15) is 0 Å². The third kappa shape index (κ3) is 4.41. The molecule has 0 spiro atoms. The second-order valence-corrected chi connectivity index (χ2v) is 6.95. The molecule has 0 aliphatic carbocycles. The van der Waals surface area contributed by atoms with Gasteiger partial charge in [-0.05, 0) is 67.5 Å². The molecule has 1 aliphatic rings. The van der Waals surface area contributed by atoms with E-state index in [9.17, 15) is 4.79 Å². The molecule has 4 nitrogen and oxygen atoms in total. The minimum atomic E-state index is 0.102. The lowest BCUT2D eigenvalue weighted by Gasteiger charge is -2.37. The van der Waals surface area contributed by atoms with E-state index in [1.54, 1.807) is 6.92 Å². The maximum absolute atomic E-state index is 11.4. The fraction of sp³-hybridized carbons (Fsp3) is 0.333. The fourth-order valence-electron chi connectivity index (χ4n) is 3.15. The smallest absolute Gasteiger partial charge is 0.173 e. The molecule has 0 bridgehead atoms. The first kappa shape index (κ1) is 18.4. The molecular weight excluding hydrogens is 342 g/mol. The molecule has 0 aromatic heterocycles. The van der Waals surface area contributed by atoms with Crippen molar-refractivity contribution in [2.45, 2.75) is 20.3 Å². The number of carbonyl (C=O) groups excluding carboxylic acids is 1. The van der Waals surface area contributed by atoms with E-state index in [0.29, 0.717) is 0 Å². The van der Waals surface area contributed by atoms with Crippen molar-refractivity contribution in [1.29, 1.82) is 0 Å². The van der Waals surface area contributed by atoms with Gasteiger partial charge < -0.3 is 15.1 Å². The van der Waals surface area contributed by atoms with Crippen LogP contribution < -0.4 is 10.2 Å². The van der Waals surface area contributed by atoms with E-state index in [-0.39, 0.29) is 5.78 Å². The number of carbonyl (C=O) groups is 1. The standard InChI is InChI=1S/C21H25N3OS/c1-3-17-5-4-6-19(15-17)22-21(26)24-13-11-23(12-14-24)20-9-7-18(8-10-20)16(2)25/h4-10,15H,3,11-14H2,1-2H3,(H,22,26). The van der Waals surface area contributed by atoms with Crippen LogP contribution in [0.1, 0.15) is 29.8 Å². The molecule has 26 heavy (non-hydrogen) atoms. The van der Waals surface area contributed by atoms with Crippen LogP contribution in [0.5, 0.6) is 0 Å². The number of rotatable bonds is 4. The highest BCUT2D eigenvalue weighted by Crippen LogP contribution is 2.18. The van der Waals surface area contributed by atoms with Crippen LogP contribution in [0.4, 0.5) is 11.4 Å². The number of hydrogen-bond donors (Lipinski definition) is 1. The number of nitrogens with zero attached hydrogens (tertiary/aromatic N) is 2. The number of benzene rings is 2. The van der Waals surface area contributed by atoms with Crippen LogP contribution >= 0.6 is 12.2 Å². The molecule has 2 aromatic rings. The van der Waals surface area contributed by atoms with Crippen molar-refractivity contribution in [3.8, 4) is 0 Å². The normalized spacial score (nSPS) is 14.2. The van der Waals surface area contributed by atoms with Crippen LogP contribution in [-0.2, 0) is 6.42 Å². The quantitative estimate of drug-likeness (QED) is 0.653. The van der Waals surface area contributed by atoms with Crippen LogP contribution in [-0.4, -0.2) is 42.0 Å². The molecule has 0 amide bonds. The average Bonchev–Trinajstić information content (AvgIpc) is 2.68. The first-order valence-electron chi connectivity index (χ1n) is 9.07. The molecule has 1 saturated heterocycles. The lowest BCUT2D eigenvalue weighted by atomic mass is 10.1. The number of aryl methyl sites for hydroxylation is 1. The third-order valence-electron chi connectivity index (χ3n) is 4.79. The first-order chi connectivity index (χ1) is 12.6. The summed E-state index contributed by atoms with van der Waals surface area (Å²) in [6.07, 6.45) is 1.02. The van der Waals surface area contributed by atoms with E-state index in [4.69, 9.17) is 12.2 Å². The summed E-state index contributed by atoms with van der Waals surface area (Å²) in [6.45, 7) is 7.34. The largest absolute Gasteiger partial charge is 0.368 e. The predicted octanol–water partition coefficient (Wildman–Crippen LogP) is 3.97. The predicted molar refractivity (Wildman–Crippen MR) is 112 cm³/mol. The Morgan fingerprint density at radius 3 is 2.38 bits per heavy atom. The van der Waals surface area contributed by atoms with Crippen molar-refractivity contribution in [3.05, 3.63) is 59.7 Å². The summed E-state index contributed by atoms with van der Waals surface area (Å²) < 4.78 is 0. The van der Waals surface area contributed by atoms with Crippen LogP contribution in [0.3, 0.4) is 0 Å². The molecule has 136 valence electrons. The maximum atomic E-state index is 11.4. The van der Waals surface area contributed by atoms with E-state index >= 15 is 0 Å². The highest BCUT2D eigenvalue weighted by molar-refractivity contribution is 7.80. The van der Waals surface area contributed by atoms with Crippen molar-refractivity contribution in [1.82, 2.24) is 4.90 Å². The zero-order chi connectivity index (χ0) is 18.5. The number of nitrogens with one attached hydrogen (secondary N) is 1. The number of hydrogen-bond acceptors (Lipinski definition) is 3. The van der Waals surface area contributed by atoms with Gasteiger partial charge in [0.05, 0.1) is 0 Å². The topological polar surface area (TPSA) is 35.6 Å². The second-order valence-electron chi connectivity index (χ2n) is 6.56. The van der Waals surface area contributed by atoms with Gasteiger partial charge in [0, 0.05) is 43.1 Å². The lowest BCUT2D eigenvalue weighted by Crippen LogP contribution is -2.50. The van der Waals surface area contributed by atoms with Crippen LogP contribution in [0, 0.1) is 0 Å². The van der Waals surface area contributed by atoms with E-state index in [1.807, 2.05) is 24.3 Å². The summed E-state index contributed by atoms with van der Waals surface area (Å²) in [5.74, 6) is 0.102. The molecule has 1 N–H and O–H groups in total. The minimum Gasteiger partial charge on any atom is -0.368 e. The zero-order valence-electron chi connectivity index (χ0n) is 15.4. The molecule has 1 aliphatic heterocycles. The van der Waals surface area contributed by atoms with Gasteiger partial charge >= 0.3 is 0 Å². The molecule has 0 atom stereocenters. The number of piperazine rings is 1. The molecule has 1 heterocycles. The van der Waals surface area contributed by atoms with Crippen LogP contribution in [0.15, 0.2) is 48.5 Å². The maximum Gasteiger partial charge on any atom is 0.173 e. The van der Waals surface area contributed by atoms with Crippen molar-refractivity contribution < 1.29 is 4.79 Å². The Bertz CT molecular complexity index is 780. The monoisotopic (exact) mass is 367 g/mol. The van der Waals surface area contributed by atoms with Crippen molar-refractivity contribution in [2.24, 2.45) is 0 Å². The Kier molecular flexibility index (Phi) is 5.89. The van der Waals surface area contributed by atoms with Gasteiger partial charge in [-0.3, -0.25) is 4.79 Å². The zero-order valence-corrected chi connectivity index (χ0v) is 16.2. The fourth-order valence-corrected chi connectivity index (χ4v) is 3.45. The van der Waals surface area contributed by atoms with Crippen LogP contribution in [0.2, 0.25) is 0 Å². The van der Waals surface area contributed by atoms with Gasteiger partial charge in [0.25, 0.3) is 0 Å². The van der Waals surface area contributed by atoms with E-state index < -0.39 is 0 Å². The van der Waals surface area contributed by atoms with Crippen molar-refractivity contribution in [2.75, 3.05) is 36.4 Å². The van der Waals surface area contributed by atoms with Gasteiger partial charge in [-0.1, -0.05) is 19.1 Å². The Morgan fingerprint density at radius 2 is 1.77 bits per heavy atom. The lowest BCUT2D eigenvalue weighted by molar-refractivity contribution is 0.101. The summed E-state index contributed by atoms with van der Waals surface area (Å²) in [7, 11) is 0. The third-order valence-corrected chi connectivity index (χ3v) is 5.15. The van der Waals surface area contributed by atoms with E-state index in [1.165, 1.54) is 5.56 Å². The van der Waals surface area contributed by atoms with E-state index in [2.05, 4.69) is 46.3 Å². The molecule has 1 fully saturated rings. The first-order valence-corrected chi connectivity index (χ1v) is 9.48. The molecule has 2 aromatic carbocycles. The van der Waals surface area contributed by atoms with Gasteiger partial charge in [-0.2, -0.15) is 0 Å². The number of ketones is 1. The Morgan fingerprint density at radius 1 is 1.08 bits per heavy atom. The molecule has 3 rings (SSSR count). The van der Waals surface area contributed by atoms with Crippen molar-refractivity contribution in [3.63, 3.8) is 0 Å². The number of Topliss-reactive ketones (excluding diaryl/α,β-unsaturated/α-hetero) is 1. The Labute approximate surface area is 160 Å². The van der Waals surface area contributed by atoms with Gasteiger partial charge in [-0.15, -0.1) is 0 Å². The van der Waals surface area contributed by atoms with Gasteiger partial charge in [-0.25, -0.2) is 0 Å². The SMILES string of the molecule is CCc1cccc(NC(=S)N2CCN(c3ccc(C(C)=O)cc3)CC2)c1. The minimum absolute atomic E-state index is 0.102. The summed E-state index contributed by atoms with van der Waals surface area (Å²) in [6, 6.07) is 16.3. The molecular formula is C21H25N3OS. The molecule has 0 saturated carbocycles. The number of anilines is 2. The summed E-state index contributed by atoms with van der Waals surface area (Å²) in [4.78, 5) is 16.0. The molecule has 0 radical (unpaired) electrons. The summed E-state index contributed by atoms with van der Waals surface area (Å²) >= 11 is 5.60. The average molecular weight is 368 g/mol. The highest BCUT2D eigenvalue weighted by atomic mass is 32.1. The van der Waals surface area contributed by atoms with Crippen LogP contribution in [0.25, 0.3) is 0 Å². The Hall–Kier alpha value is -2.40. The highest BCUT2D eigenvalue weighted by Gasteiger charge is 2.19. The molecule has 0 unspecified atom stereocenters. The Balaban J connectivity index is 1.55. The second kappa shape index (κ2) is 8.32. The summed E-state index contributed by atoms with van der Waals surface area (Å²) in [5, 5.41) is 4.14. The van der Waals surface area contributed by atoms with Crippen molar-refractivity contribution >= 4 is 34.5 Å². The molecule has 5 heteroatoms.